The van der Waals surface area contributed by atoms with E-state index in [-0.39, 0.29) is 12.7 Å². The molecule has 98 valence electrons. The molecule has 0 saturated heterocycles. The van der Waals surface area contributed by atoms with Crippen LogP contribution in [0.5, 0.6) is 0 Å². The molecule has 0 aromatic rings. The molecule has 0 spiro atoms. The van der Waals surface area contributed by atoms with E-state index in [1.54, 1.807) is 18.2 Å². The molecule has 5 nitrogen and oxygen atoms in total. The van der Waals surface area contributed by atoms with Gasteiger partial charge in [-0.25, -0.2) is 0 Å². The molecule has 0 aromatic heterocycles. The Bertz CT molecular complexity index is 392. The standard InChI is InChI=1S/C13H16O5/c1-4-5-11-6-7-12(17-10(3)15)13(18-11)8-16-9(2)14/h5-7,11-13H,1,8H2,2-3H3/t11-,12+,13-/m1/s1. The largest absolute Gasteiger partial charge is 0.463 e. The summed E-state index contributed by atoms with van der Waals surface area (Å²) in [5, 5.41) is 0. The van der Waals surface area contributed by atoms with Crippen LogP contribution in [0.4, 0.5) is 0 Å². The van der Waals surface area contributed by atoms with Crippen molar-refractivity contribution in [1.29, 1.82) is 0 Å². The predicted octanol–water partition coefficient (Wildman–Crippen LogP) is 1.15. The smallest absolute Gasteiger partial charge is 0.303 e. The highest BCUT2D eigenvalue weighted by Crippen LogP contribution is 2.17. The summed E-state index contributed by atoms with van der Waals surface area (Å²) < 4.78 is 15.5. The molecule has 1 heterocycles. The van der Waals surface area contributed by atoms with Crippen LogP contribution in [0.15, 0.2) is 30.5 Å². The SMILES string of the molecule is C=C=C[C@@H]1C=C[C@H](OC(C)=O)[C@@H](COC(C)=O)O1. The first-order valence-electron chi connectivity index (χ1n) is 5.53. The molecular formula is C13H16O5. The zero-order valence-electron chi connectivity index (χ0n) is 10.4. The fraction of sp³-hybridized carbons (Fsp3) is 0.462. The highest BCUT2D eigenvalue weighted by atomic mass is 16.6. The highest BCUT2D eigenvalue weighted by Gasteiger charge is 2.29. The van der Waals surface area contributed by atoms with Gasteiger partial charge in [0.25, 0.3) is 0 Å². The van der Waals surface area contributed by atoms with Gasteiger partial charge < -0.3 is 14.2 Å². The van der Waals surface area contributed by atoms with Crippen LogP contribution in [-0.2, 0) is 23.8 Å². The molecule has 18 heavy (non-hydrogen) atoms. The van der Waals surface area contributed by atoms with Crippen LogP contribution >= 0.6 is 0 Å². The molecule has 0 amide bonds. The maximum atomic E-state index is 11.0. The van der Waals surface area contributed by atoms with E-state index in [9.17, 15) is 9.59 Å². The van der Waals surface area contributed by atoms with Crippen LogP contribution < -0.4 is 0 Å². The fourth-order valence-corrected chi connectivity index (χ4v) is 1.52. The van der Waals surface area contributed by atoms with Crippen LogP contribution in [0.1, 0.15) is 13.8 Å². The van der Waals surface area contributed by atoms with Crippen molar-refractivity contribution < 1.29 is 23.8 Å². The Morgan fingerprint density at radius 1 is 1.39 bits per heavy atom. The van der Waals surface area contributed by atoms with E-state index in [0.717, 1.165) is 0 Å². The van der Waals surface area contributed by atoms with Crippen LogP contribution in [0.2, 0.25) is 0 Å². The van der Waals surface area contributed by atoms with E-state index in [4.69, 9.17) is 14.2 Å². The van der Waals surface area contributed by atoms with Crippen molar-refractivity contribution in [1.82, 2.24) is 0 Å². The summed E-state index contributed by atoms with van der Waals surface area (Å²) in [7, 11) is 0. The predicted molar refractivity (Wildman–Crippen MR) is 63.7 cm³/mol. The third-order valence-electron chi connectivity index (χ3n) is 2.22. The average molecular weight is 252 g/mol. The number of carbonyl (C=O) groups excluding carboxylic acids is 2. The molecule has 0 bridgehead atoms. The maximum Gasteiger partial charge on any atom is 0.303 e. The molecule has 0 N–H and O–H groups in total. The second kappa shape index (κ2) is 6.79. The number of hydrogen-bond donors (Lipinski definition) is 0. The van der Waals surface area contributed by atoms with E-state index in [0.29, 0.717) is 0 Å². The van der Waals surface area contributed by atoms with Gasteiger partial charge in [-0.05, 0) is 12.2 Å². The first-order valence-corrected chi connectivity index (χ1v) is 5.53. The van der Waals surface area contributed by atoms with Crippen molar-refractivity contribution in [3.05, 3.63) is 30.5 Å². The van der Waals surface area contributed by atoms with E-state index < -0.39 is 24.1 Å². The van der Waals surface area contributed by atoms with Crippen molar-refractivity contribution >= 4 is 11.9 Å². The Hall–Kier alpha value is -1.84. The minimum atomic E-state index is -0.559. The first-order chi connectivity index (χ1) is 8.52. The van der Waals surface area contributed by atoms with Gasteiger partial charge in [0.05, 0.1) is 0 Å². The van der Waals surface area contributed by atoms with Gasteiger partial charge in [0.15, 0.2) is 0 Å². The van der Waals surface area contributed by atoms with Crippen LogP contribution in [0, 0.1) is 0 Å². The molecule has 0 unspecified atom stereocenters. The summed E-state index contributed by atoms with van der Waals surface area (Å²) in [6.45, 7) is 6.10. The van der Waals surface area contributed by atoms with E-state index in [1.807, 2.05) is 0 Å². The minimum absolute atomic E-state index is 0.0269. The topological polar surface area (TPSA) is 61.8 Å². The first kappa shape index (κ1) is 14.2. The number of rotatable bonds is 4. The van der Waals surface area contributed by atoms with Gasteiger partial charge in [-0.1, -0.05) is 12.7 Å². The Morgan fingerprint density at radius 3 is 2.67 bits per heavy atom. The molecule has 1 rings (SSSR count). The summed E-state index contributed by atoms with van der Waals surface area (Å²) in [6.07, 6.45) is 3.66. The molecule has 1 aliphatic rings. The number of hydrogen-bond acceptors (Lipinski definition) is 5. The maximum absolute atomic E-state index is 11.0. The third kappa shape index (κ3) is 4.57. The second-order valence-electron chi connectivity index (χ2n) is 3.77. The Balaban J connectivity index is 2.71. The fourth-order valence-electron chi connectivity index (χ4n) is 1.52. The number of carbonyl (C=O) groups is 2. The Morgan fingerprint density at radius 2 is 2.11 bits per heavy atom. The van der Waals surface area contributed by atoms with Crippen molar-refractivity contribution in [3.63, 3.8) is 0 Å². The van der Waals surface area contributed by atoms with Gasteiger partial charge in [-0.15, -0.1) is 5.73 Å². The zero-order chi connectivity index (χ0) is 13.5. The van der Waals surface area contributed by atoms with Crippen molar-refractivity contribution in [2.75, 3.05) is 6.61 Å². The average Bonchev–Trinajstić information content (AvgIpc) is 2.28. The van der Waals surface area contributed by atoms with Gasteiger partial charge in [0.2, 0.25) is 0 Å². The molecular weight excluding hydrogens is 236 g/mol. The Labute approximate surface area is 106 Å². The lowest BCUT2D eigenvalue weighted by Gasteiger charge is -2.30. The summed E-state index contributed by atoms with van der Waals surface area (Å²) in [5.41, 5.74) is 2.61. The second-order valence-corrected chi connectivity index (χ2v) is 3.77. The lowest BCUT2D eigenvalue weighted by Crippen LogP contribution is -2.40. The molecule has 0 aromatic carbocycles. The molecule has 3 atom stereocenters. The van der Waals surface area contributed by atoms with Gasteiger partial charge >= 0.3 is 11.9 Å². The lowest BCUT2D eigenvalue weighted by molar-refractivity contribution is -0.161. The van der Waals surface area contributed by atoms with Gasteiger partial charge in [0.1, 0.15) is 24.9 Å². The van der Waals surface area contributed by atoms with Crippen molar-refractivity contribution in [3.8, 4) is 0 Å². The number of esters is 2. The summed E-state index contributed by atoms with van der Waals surface area (Å²) in [5.74, 6) is -0.829. The number of ether oxygens (including phenoxy) is 3. The van der Waals surface area contributed by atoms with E-state index >= 15 is 0 Å². The summed E-state index contributed by atoms with van der Waals surface area (Å²) in [4.78, 5) is 21.7. The molecule has 0 fully saturated rings. The summed E-state index contributed by atoms with van der Waals surface area (Å²) in [6, 6.07) is 0. The van der Waals surface area contributed by atoms with Gasteiger partial charge in [0, 0.05) is 13.8 Å². The van der Waals surface area contributed by atoms with Gasteiger partial charge in [-0.2, -0.15) is 0 Å². The minimum Gasteiger partial charge on any atom is -0.463 e. The third-order valence-corrected chi connectivity index (χ3v) is 2.22. The Kier molecular flexibility index (Phi) is 5.36. The van der Waals surface area contributed by atoms with E-state index in [1.165, 1.54) is 13.8 Å². The van der Waals surface area contributed by atoms with Crippen LogP contribution in [-0.4, -0.2) is 36.9 Å². The molecule has 1 aliphatic heterocycles. The van der Waals surface area contributed by atoms with Crippen LogP contribution in [0.3, 0.4) is 0 Å². The lowest BCUT2D eigenvalue weighted by atomic mass is 10.1. The highest BCUT2D eigenvalue weighted by molar-refractivity contribution is 5.66. The molecule has 0 saturated carbocycles. The van der Waals surface area contributed by atoms with Crippen molar-refractivity contribution in [2.24, 2.45) is 0 Å². The van der Waals surface area contributed by atoms with Crippen molar-refractivity contribution in [2.45, 2.75) is 32.2 Å². The van der Waals surface area contributed by atoms with Crippen LogP contribution in [0.25, 0.3) is 0 Å². The molecule has 0 radical (unpaired) electrons. The summed E-state index contributed by atoms with van der Waals surface area (Å²) >= 11 is 0. The monoisotopic (exact) mass is 252 g/mol. The molecule has 5 heteroatoms. The quantitative estimate of drug-likeness (QED) is 0.426. The van der Waals surface area contributed by atoms with E-state index in [2.05, 4.69) is 12.3 Å². The zero-order valence-corrected chi connectivity index (χ0v) is 10.4. The molecule has 0 aliphatic carbocycles. The van der Waals surface area contributed by atoms with Gasteiger partial charge in [-0.3, -0.25) is 9.59 Å². The normalized spacial score (nSPS) is 26.0.